The molecule has 0 spiro atoms. The van der Waals surface area contributed by atoms with Gasteiger partial charge in [-0.3, -0.25) is 14.9 Å². The number of carboxylic acid groups (broad SMARTS) is 1. The van der Waals surface area contributed by atoms with Crippen LogP contribution in [0.2, 0.25) is 0 Å². The van der Waals surface area contributed by atoms with Crippen molar-refractivity contribution in [2.45, 2.75) is 26.3 Å². The van der Waals surface area contributed by atoms with Crippen LogP contribution in [-0.2, 0) is 4.79 Å². The van der Waals surface area contributed by atoms with Crippen molar-refractivity contribution in [1.82, 2.24) is 0 Å². The normalized spacial score (nSPS) is 12.0. The van der Waals surface area contributed by atoms with Crippen molar-refractivity contribution in [3.63, 3.8) is 0 Å². The lowest BCUT2D eigenvalue weighted by molar-refractivity contribution is -0.384. The third kappa shape index (κ3) is 3.66. The number of carboxylic acids is 1. The summed E-state index contributed by atoms with van der Waals surface area (Å²) in [6.45, 7) is 3.68. The largest absolute Gasteiger partial charge is 0.481 e. The van der Waals surface area contributed by atoms with Crippen molar-refractivity contribution in [3.8, 4) is 0 Å². The molecule has 1 atom stereocenters. The number of nitrogens with zero attached hydrogens (tertiary/aromatic N) is 2. The number of nitro benzene ring substituents is 1. The van der Waals surface area contributed by atoms with Crippen LogP contribution in [0.25, 0.3) is 0 Å². The molecule has 8 heteroatoms. The van der Waals surface area contributed by atoms with Gasteiger partial charge in [-0.15, -0.1) is 0 Å². The highest BCUT2D eigenvalue weighted by atomic mass is 79.9. The Hall–Kier alpha value is -1.70. The standard InChI is InChI=1S/C12H14BrFN2O4/c1-3-15(7(2)4-12(17)18)10-6-9(14)8(13)5-11(10)16(19)20/h5-7H,3-4H2,1-2H3,(H,17,18). The summed E-state index contributed by atoms with van der Waals surface area (Å²) in [5, 5.41) is 19.9. The van der Waals surface area contributed by atoms with Crippen molar-refractivity contribution >= 4 is 33.3 Å². The van der Waals surface area contributed by atoms with Gasteiger partial charge in [0.15, 0.2) is 0 Å². The fraction of sp³-hybridized carbons (Fsp3) is 0.417. The minimum atomic E-state index is -1.02. The number of aliphatic carboxylic acids is 1. The molecule has 110 valence electrons. The molecule has 1 aromatic carbocycles. The molecule has 20 heavy (non-hydrogen) atoms. The SMILES string of the molecule is CCN(c1cc(F)c(Br)cc1[N+](=O)[O-])C(C)CC(=O)O. The zero-order valence-electron chi connectivity index (χ0n) is 11.0. The summed E-state index contributed by atoms with van der Waals surface area (Å²) in [5.41, 5.74) is -0.190. The summed E-state index contributed by atoms with van der Waals surface area (Å²) in [4.78, 5) is 22.7. The number of hydrogen-bond acceptors (Lipinski definition) is 4. The van der Waals surface area contributed by atoms with Crippen molar-refractivity contribution in [2.24, 2.45) is 0 Å². The van der Waals surface area contributed by atoms with Gasteiger partial charge in [0.2, 0.25) is 0 Å². The number of anilines is 1. The molecule has 1 unspecified atom stereocenters. The van der Waals surface area contributed by atoms with Crippen molar-refractivity contribution in [3.05, 3.63) is 32.5 Å². The van der Waals surface area contributed by atoms with E-state index in [2.05, 4.69) is 15.9 Å². The molecular formula is C12H14BrFN2O4. The lowest BCUT2D eigenvalue weighted by Crippen LogP contribution is -2.35. The molecule has 0 radical (unpaired) electrons. The minimum absolute atomic E-state index is 0.00473. The second-order valence-corrected chi connectivity index (χ2v) is 5.10. The second kappa shape index (κ2) is 6.65. The molecule has 0 amide bonds. The maximum Gasteiger partial charge on any atom is 0.305 e. The molecule has 0 saturated carbocycles. The Morgan fingerprint density at radius 2 is 2.20 bits per heavy atom. The van der Waals surface area contributed by atoms with Gasteiger partial charge < -0.3 is 10.0 Å². The predicted molar refractivity (Wildman–Crippen MR) is 75.5 cm³/mol. The first kappa shape index (κ1) is 16.4. The third-order valence-corrected chi connectivity index (χ3v) is 3.47. The smallest absolute Gasteiger partial charge is 0.305 e. The monoisotopic (exact) mass is 348 g/mol. The molecule has 6 nitrogen and oxygen atoms in total. The minimum Gasteiger partial charge on any atom is -0.481 e. The molecule has 0 aromatic heterocycles. The number of benzene rings is 1. The van der Waals surface area contributed by atoms with Crippen LogP contribution in [0, 0.1) is 15.9 Å². The average Bonchev–Trinajstić information content (AvgIpc) is 2.32. The number of hydrogen-bond donors (Lipinski definition) is 1. The van der Waals surface area contributed by atoms with Crippen molar-refractivity contribution in [1.29, 1.82) is 0 Å². The van der Waals surface area contributed by atoms with Gasteiger partial charge in [0, 0.05) is 24.7 Å². The van der Waals surface area contributed by atoms with E-state index in [4.69, 9.17) is 5.11 Å². The van der Waals surface area contributed by atoms with Gasteiger partial charge in [-0.05, 0) is 29.8 Å². The zero-order chi connectivity index (χ0) is 15.4. The molecule has 0 aliphatic rings. The highest BCUT2D eigenvalue weighted by molar-refractivity contribution is 9.10. The van der Waals surface area contributed by atoms with Gasteiger partial charge in [0.05, 0.1) is 15.8 Å². The number of carbonyl (C=O) groups is 1. The van der Waals surface area contributed by atoms with E-state index in [1.807, 2.05) is 0 Å². The molecule has 0 heterocycles. The topological polar surface area (TPSA) is 83.7 Å². The van der Waals surface area contributed by atoms with Crippen LogP contribution in [-0.4, -0.2) is 28.6 Å². The van der Waals surface area contributed by atoms with E-state index in [0.29, 0.717) is 6.54 Å². The first-order valence-electron chi connectivity index (χ1n) is 5.89. The van der Waals surface area contributed by atoms with E-state index < -0.39 is 22.8 Å². The fourth-order valence-electron chi connectivity index (χ4n) is 1.98. The molecular weight excluding hydrogens is 335 g/mol. The zero-order valence-corrected chi connectivity index (χ0v) is 12.6. The van der Waals surface area contributed by atoms with Crippen molar-refractivity contribution in [2.75, 3.05) is 11.4 Å². The maximum atomic E-state index is 13.6. The van der Waals surface area contributed by atoms with Gasteiger partial charge in [0.25, 0.3) is 5.69 Å². The average molecular weight is 349 g/mol. The summed E-state index contributed by atoms with van der Waals surface area (Å²) in [6, 6.07) is 1.64. The second-order valence-electron chi connectivity index (χ2n) is 4.25. The lowest BCUT2D eigenvalue weighted by atomic mass is 10.1. The lowest BCUT2D eigenvalue weighted by Gasteiger charge is -2.29. The van der Waals surface area contributed by atoms with E-state index in [1.54, 1.807) is 13.8 Å². The highest BCUT2D eigenvalue weighted by Crippen LogP contribution is 2.34. The van der Waals surface area contributed by atoms with Gasteiger partial charge in [0.1, 0.15) is 11.5 Å². The van der Waals surface area contributed by atoms with Crippen molar-refractivity contribution < 1.29 is 19.2 Å². The van der Waals surface area contributed by atoms with E-state index in [1.165, 1.54) is 4.90 Å². The molecule has 0 aliphatic heterocycles. The first-order chi connectivity index (χ1) is 9.27. The van der Waals surface area contributed by atoms with Crippen LogP contribution in [0.4, 0.5) is 15.8 Å². The van der Waals surface area contributed by atoms with Gasteiger partial charge in [-0.1, -0.05) is 0 Å². The molecule has 1 rings (SSSR count). The molecule has 0 bridgehead atoms. The van der Waals surface area contributed by atoms with Crippen LogP contribution in [0.1, 0.15) is 20.3 Å². The third-order valence-electron chi connectivity index (χ3n) is 2.87. The van der Waals surface area contributed by atoms with Gasteiger partial charge in [-0.2, -0.15) is 0 Å². The highest BCUT2D eigenvalue weighted by Gasteiger charge is 2.25. The Labute approximate surface area is 123 Å². The van der Waals surface area contributed by atoms with Crippen LogP contribution in [0.3, 0.4) is 0 Å². The predicted octanol–water partition coefficient (Wildman–Crippen LogP) is 3.19. The summed E-state index contributed by atoms with van der Waals surface area (Å²) >= 11 is 2.90. The van der Waals surface area contributed by atoms with Crippen LogP contribution in [0.5, 0.6) is 0 Å². The maximum absolute atomic E-state index is 13.6. The quantitative estimate of drug-likeness (QED) is 0.630. The van der Waals surface area contributed by atoms with Gasteiger partial charge in [-0.25, -0.2) is 4.39 Å². The summed E-state index contributed by atoms with van der Waals surface area (Å²) in [6.07, 6.45) is -0.192. The number of nitro groups is 1. The van der Waals surface area contributed by atoms with E-state index in [9.17, 15) is 19.3 Å². The van der Waals surface area contributed by atoms with E-state index >= 15 is 0 Å². The van der Waals surface area contributed by atoms with Crippen LogP contribution < -0.4 is 4.90 Å². The summed E-state index contributed by atoms with van der Waals surface area (Å²) < 4.78 is 13.6. The molecule has 1 N–H and O–H groups in total. The van der Waals surface area contributed by atoms with E-state index in [-0.39, 0.29) is 22.3 Å². The summed E-state index contributed by atoms with van der Waals surface area (Å²) in [7, 11) is 0. The molecule has 0 saturated heterocycles. The Bertz CT molecular complexity index is 538. The van der Waals surface area contributed by atoms with Gasteiger partial charge >= 0.3 is 5.97 Å². The first-order valence-corrected chi connectivity index (χ1v) is 6.69. The molecule has 1 aromatic rings. The Kier molecular flexibility index (Phi) is 5.43. The Morgan fingerprint density at radius 1 is 1.60 bits per heavy atom. The molecule has 0 fully saturated rings. The number of rotatable bonds is 6. The van der Waals surface area contributed by atoms with Crippen LogP contribution >= 0.6 is 15.9 Å². The Morgan fingerprint density at radius 3 is 2.65 bits per heavy atom. The fourth-order valence-corrected chi connectivity index (χ4v) is 2.32. The van der Waals surface area contributed by atoms with E-state index in [0.717, 1.165) is 12.1 Å². The molecule has 0 aliphatic carbocycles. The number of halogens is 2. The Balaban J connectivity index is 3.30. The van der Waals surface area contributed by atoms with Crippen LogP contribution in [0.15, 0.2) is 16.6 Å². The summed E-state index contributed by atoms with van der Waals surface area (Å²) in [5.74, 6) is -1.65.